The van der Waals surface area contributed by atoms with Gasteiger partial charge in [0.05, 0.1) is 11.6 Å². The molecule has 0 fully saturated rings. The second kappa shape index (κ2) is 8.27. The zero-order valence-corrected chi connectivity index (χ0v) is 18.2. The lowest BCUT2D eigenvalue weighted by Gasteiger charge is -2.38. The standard InChI is InChI=1S/C27H25NO2S/c1-17-14-18(16-31-21-6-3-2-4-7-21)15-24-22-8-5-9-23(22)26(28-25(17)24)19-10-12-20(13-11-19)27(29)30/h2-8,10-15,22-23,26,28H,9,16H2,1H3,(H,29,30)/t22-,23-,26-/m1/s1. The Balaban J connectivity index is 1.44. The highest BCUT2D eigenvalue weighted by atomic mass is 32.2. The smallest absolute Gasteiger partial charge is 0.335 e. The van der Waals surface area contributed by atoms with Crippen LogP contribution < -0.4 is 5.32 Å². The summed E-state index contributed by atoms with van der Waals surface area (Å²) >= 11 is 1.87. The molecule has 156 valence electrons. The number of aryl methyl sites for hydroxylation is 1. The Labute approximate surface area is 187 Å². The molecule has 4 heteroatoms. The number of hydrogen-bond acceptors (Lipinski definition) is 3. The number of aromatic carboxylic acids is 1. The molecule has 0 saturated heterocycles. The van der Waals surface area contributed by atoms with Gasteiger partial charge in [0.25, 0.3) is 0 Å². The highest BCUT2D eigenvalue weighted by Crippen LogP contribution is 2.51. The summed E-state index contributed by atoms with van der Waals surface area (Å²) in [6.07, 6.45) is 5.69. The van der Waals surface area contributed by atoms with Crippen LogP contribution in [0.3, 0.4) is 0 Å². The number of thioether (sulfide) groups is 1. The van der Waals surface area contributed by atoms with Crippen molar-refractivity contribution in [2.45, 2.75) is 36.0 Å². The summed E-state index contributed by atoms with van der Waals surface area (Å²) in [5, 5.41) is 13.0. The van der Waals surface area contributed by atoms with Crippen molar-refractivity contribution in [2.24, 2.45) is 5.92 Å². The first-order chi connectivity index (χ1) is 15.1. The molecule has 31 heavy (non-hydrogen) atoms. The van der Waals surface area contributed by atoms with Crippen LogP contribution in [0.4, 0.5) is 5.69 Å². The Morgan fingerprint density at radius 2 is 1.87 bits per heavy atom. The zero-order valence-electron chi connectivity index (χ0n) is 17.4. The van der Waals surface area contributed by atoms with Gasteiger partial charge in [0.2, 0.25) is 0 Å². The van der Waals surface area contributed by atoms with Gasteiger partial charge in [-0.25, -0.2) is 4.79 Å². The van der Waals surface area contributed by atoms with E-state index >= 15 is 0 Å². The van der Waals surface area contributed by atoms with E-state index in [0.717, 1.165) is 17.7 Å². The van der Waals surface area contributed by atoms with E-state index in [-0.39, 0.29) is 6.04 Å². The molecule has 0 spiro atoms. The number of nitrogens with one attached hydrogen (secondary N) is 1. The summed E-state index contributed by atoms with van der Waals surface area (Å²) in [6, 6.07) is 22.7. The third-order valence-electron chi connectivity index (χ3n) is 6.39. The summed E-state index contributed by atoms with van der Waals surface area (Å²) in [7, 11) is 0. The number of benzene rings is 3. The maximum absolute atomic E-state index is 11.2. The van der Waals surface area contributed by atoms with Gasteiger partial charge in [0, 0.05) is 22.3 Å². The minimum absolute atomic E-state index is 0.179. The first-order valence-electron chi connectivity index (χ1n) is 10.7. The molecule has 0 saturated carbocycles. The fourth-order valence-electron chi connectivity index (χ4n) is 4.89. The van der Waals surface area contributed by atoms with Crippen LogP contribution >= 0.6 is 11.8 Å². The normalized spacial score (nSPS) is 21.3. The predicted molar refractivity (Wildman–Crippen MR) is 127 cm³/mol. The van der Waals surface area contributed by atoms with Crippen molar-refractivity contribution in [3.8, 4) is 0 Å². The van der Waals surface area contributed by atoms with E-state index in [0.29, 0.717) is 17.4 Å². The third kappa shape index (κ3) is 3.88. The van der Waals surface area contributed by atoms with E-state index in [9.17, 15) is 9.90 Å². The van der Waals surface area contributed by atoms with Crippen molar-refractivity contribution < 1.29 is 9.90 Å². The second-order valence-corrected chi connectivity index (χ2v) is 9.43. The lowest BCUT2D eigenvalue weighted by atomic mass is 9.76. The average Bonchev–Trinajstić information content (AvgIpc) is 3.28. The highest BCUT2D eigenvalue weighted by Gasteiger charge is 2.38. The molecule has 0 amide bonds. The Morgan fingerprint density at radius 3 is 2.61 bits per heavy atom. The number of carboxylic acid groups (broad SMARTS) is 1. The van der Waals surface area contributed by atoms with Crippen molar-refractivity contribution in [2.75, 3.05) is 5.32 Å². The summed E-state index contributed by atoms with van der Waals surface area (Å²) in [4.78, 5) is 12.5. The molecule has 0 bridgehead atoms. The van der Waals surface area contributed by atoms with Crippen molar-refractivity contribution in [1.82, 2.24) is 0 Å². The van der Waals surface area contributed by atoms with Gasteiger partial charge in [-0.3, -0.25) is 0 Å². The van der Waals surface area contributed by atoms with Crippen LogP contribution in [-0.4, -0.2) is 11.1 Å². The minimum Gasteiger partial charge on any atom is -0.478 e. The van der Waals surface area contributed by atoms with E-state index in [1.807, 2.05) is 23.9 Å². The molecular formula is C27H25NO2S. The van der Waals surface area contributed by atoms with Crippen molar-refractivity contribution in [1.29, 1.82) is 0 Å². The molecule has 3 nitrogen and oxygen atoms in total. The van der Waals surface area contributed by atoms with Crippen LogP contribution in [-0.2, 0) is 5.75 Å². The van der Waals surface area contributed by atoms with Crippen LogP contribution in [0.2, 0.25) is 0 Å². The van der Waals surface area contributed by atoms with Crippen LogP contribution in [0.25, 0.3) is 0 Å². The topological polar surface area (TPSA) is 49.3 Å². The predicted octanol–water partition coefficient (Wildman–Crippen LogP) is 6.81. The first kappa shape index (κ1) is 20.0. The van der Waals surface area contributed by atoms with E-state index in [2.05, 4.69) is 66.9 Å². The van der Waals surface area contributed by atoms with E-state index < -0.39 is 5.97 Å². The number of carboxylic acids is 1. The number of hydrogen-bond donors (Lipinski definition) is 2. The van der Waals surface area contributed by atoms with Crippen molar-refractivity contribution >= 4 is 23.4 Å². The van der Waals surface area contributed by atoms with E-state index in [1.54, 1.807) is 12.1 Å². The number of allylic oxidation sites excluding steroid dienone is 2. The molecule has 1 aliphatic carbocycles. The molecule has 3 atom stereocenters. The van der Waals surface area contributed by atoms with Crippen LogP contribution in [0, 0.1) is 12.8 Å². The van der Waals surface area contributed by atoms with E-state index in [4.69, 9.17) is 0 Å². The molecule has 2 N–H and O–H groups in total. The second-order valence-electron chi connectivity index (χ2n) is 8.38. The van der Waals surface area contributed by atoms with Gasteiger partial charge in [0.1, 0.15) is 0 Å². The quantitative estimate of drug-likeness (QED) is 0.347. The van der Waals surface area contributed by atoms with Gasteiger partial charge in [-0.2, -0.15) is 0 Å². The Kier molecular flexibility index (Phi) is 5.33. The molecule has 3 aromatic carbocycles. The highest BCUT2D eigenvalue weighted by molar-refractivity contribution is 7.98. The zero-order chi connectivity index (χ0) is 21.4. The number of carbonyl (C=O) groups is 1. The average molecular weight is 428 g/mol. The number of anilines is 1. The fraction of sp³-hybridized carbons (Fsp3) is 0.222. The van der Waals surface area contributed by atoms with Gasteiger partial charge < -0.3 is 10.4 Å². The molecule has 5 rings (SSSR count). The van der Waals surface area contributed by atoms with Crippen molar-refractivity contribution in [3.05, 3.63) is 107 Å². The van der Waals surface area contributed by atoms with E-state index in [1.165, 1.54) is 27.3 Å². The van der Waals surface area contributed by atoms with Crippen LogP contribution in [0.15, 0.2) is 83.8 Å². The maximum atomic E-state index is 11.2. The van der Waals surface area contributed by atoms with Gasteiger partial charge in [-0.1, -0.05) is 54.6 Å². The molecular weight excluding hydrogens is 402 g/mol. The lowest BCUT2D eigenvalue weighted by molar-refractivity contribution is 0.0697. The lowest BCUT2D eigenvalue weighted by Crippen LogP contribution is -2.29. The van der Waals surface area contributed by atoms with Gasteiger partial charge in [-0.15, -0.1) is 11.8 Å². The number of fused-ring (bicyclic) bond motifs is 3. The Hall–Kier alpha value is -2.98. The van der Waals surface area contributed by atoms with Gasteiger partial charge in [0.15, 0.2) is 0 Å². The first-order valence-corrected chi connectivity index (χ1v) is 11.7. The summed E-state index contributed by atoms with van der Waals surface area (Å²) < 4.78 is 0. The summed E-state index contributed by atoms with van der Waals surface area (Å²) in [5.41, 5.74) is 6.73. The molecule has 0 radical (unpaired) electrons. The molecule has 1 heterocycles. The van der Waals surface area contributed by atoms with Gasteiger partial charge in [-0.05, 0) is 65.8 Å². The largest absolute Gasteiger partial charge is 0.478 e. The molecule has 0 unspecified atom stereocenters. The maximum Gasteiger partial charge on any atom is 0.335 e. The molecule has 2 aliphatic rings. The van der Waals surface area contributed by atoms with Crippen LogP contribution in [0.1, 0.15) is 51.0 Å². The Morgan fingerprint density at radius 1 is 1.10 bits per heavy atom. The SMILES string of the molecule is Cc1cc(CSc2ccccc2)cc2c1N[C@H](c1ccc(C(=O)O)cc1)[C@@H]1CC=C[C@@H]21. The van der Waals surface area contributed by atoms with Crippen LogP contribution in [0.5, 0.6) is 0 Å². The third-order valence-corrected chi connectivity index (χ3v) is 7.47. The molecule has 0 aromatic heterocycles. The Bertz CT molecular complexity index is 1140. The van der Waals surface area contributed by atoms with Crippen molar-refractivity contribution in [3.63, 3.8) is 0 Å². The molecule has 1 aliphatic heterocycles. The van der Waals surface area contributed by atoms with Gasteiger partial charge >= 0.3 is 5.97 Å². The monoisotopic (exact) mass is 427 g/mol. The summed E-state index contributed by atoms with van der Waals surface area (Å²) in [5.74, 6) is 0.908. The number of rotatable bonds is 5. The minimum atomic E-state index is -0.884. The fourth-order valence-corrected chi connectivity index (χ4v) is 5.74. The molecule has 3 aromatic rings. The summed E-state index contributed by atoms with van der Waals surface area (Å²) in [6.45, 7) is 2.19.